The number of rotatable bonds is 6. The van der Waals surface area contributed by atoms with Crippen molar-refractivity contribution in [2.45, 2.75) is 63.3 Å². The van der Waals surface area contributed by atoms with E-state index in [2.05, 4.69) is 29.3 Å². The fraction of sp³-hybridized carbons (Fsp3) is 0.545. The van der Waals surface area contributed by atoms with E-state index in [1.807, 2.05) is 0 Å². The first-order chi connectivity index (χ1) is 13.3. The Hall–Kier alpha value is -1.98. The maximum atomic E-state index is 5.64. The Morgan fingerprint density at radius 1 is 1.15 bits per heavy atom. The Morgan fingerprint density at radius 3 is 2.81 bits per heavy atom. The highest BCUT2D eigenvalue weighted by atomic mass is 16.5. The normalized spacial score (nSPS) is 24.1. The highest BCUT2D eigenvalue weighted by Crippen LogP contribution is 2.45. The second-order valence-electron chi connectivity index (χ2n) is 8.11. The summed E-state index contributed by atoms with van der Waals surface area (Å²) in [6.07, 6.45) is 8.12. The average molecular weight is 365 g/mol. The number of nitrogens with zero attached hydrogens (tertiary/aromatic N) is 3. The molecule has 0 amide bonds. The first-order valence-electron chi connectivity index (χ1n) is 10.0. The van der Waals surface area contributed by atoms with E-state index in [0.717, 1.165) is 24.5 Å². The molecule has 1 saturated heterocycles. The van der Waals surface area contributed by atoms with E-state index in [-0.39, 0.29) is 0 Å². The van der Waals surface area contributed by atoms with Gasteiger partial charge in [0, 0.05) is 55.4 Å². The number of ether oxygens (including phenoxy) is 2. The predicted octanol–water partition coefficient (Wildman–Crippen LogP) is 3.77. The Balaban J connectivity index is 1.43. The summed E-state index contributed by atoms with van der Waals surface area (Å²) in [5.41, 5.74) is 5.08. The van der Waals surface area contributed by atoms with E-state index in [0.29, 0.717) is 24.6 Å². The van der Waals surface area contributed by atoms with Crippen LogP contribution >= 0.6 is 0 Å². The molecule has 2 aliphatic heterocycles. The molecule has 1 aliphatic carbocycles. The van der Waals surface area contributed by atoms with Gasteiger partial charge in [-0.25, -0.2) is 9.97 Å². The summed E-state index contributed by atoms with van der Waals surface area (Å²) < 4.78 is 10.9. The van der Waals surface area contributed by atoms with Crippen molar-refractivity contribution in [3.8, 4) is 5.75 Å². The van der Waals surface area contributed by atoms with Gasteiger partial charge in [-0.3, -0.25) is 4.90 Å². The highest BCUT2D eigenvalue weighted by molar-refractivity contribution is 5.38. The summed E-state index contributed by atoms with van der Waals surface area (Å²) in [5.74, 6) is 2.66. The van der Waals surface area contributed by atoms with Crippen LogP contribution in [0.2, 0.25) is 0 Å². The summed E-state index contributed by atoms with van der Waals surface area (Å²) in [5, 5.41) is 0. The summed E-state index contributed by atoms with van der Waals surface area (Å²) >= 11 is 0. The largest absolute Gasteiger partial charge is 0.496 e. The SMILES string of the molecule is COCc1ccc(OC)c(CN2[C@H]3CC[C@H]2c2cnc(C4CC4)nc2C3)c1. The van der Waals surface area contributed by atoms with E-state index in [9.17, 15) is 0 Å². The maximum absolute atomic E-state index is 5.64. The molecule has 2 bridgehead atoms. The molecule has 5 rings (SSSR count). The standard InChI is InChI=1S/C22H27N3O2/c1-26-13-14-3-8-21(27-2)16(9-14)12-25-17-6-7-20(25)18-11-23-22(15-4-5-15)24-19(18)10-17/h3,8-9,11,15,17,20H,4-7,10,12-13H2,1-2H3/t17-,20-/m0/s1. The van der Waals surface area contributed by atoms with Crippen LogP contribution in [0.5, 0.6) is 5.75 Å². The second-order valence-corrected chi connectivity index (χ2v) is 8.11. The van der Waals surface area contributed by atoms with Crippen molar-refractivity contribution in [3.63, 3.8) is 0 Å². The number of hydrogen-bond donors (Lipinski definition) is 0. The van der Waals surface area contributed by atoms with Crippen LogP contribution in [0.1, 0.15) is 65.9 Å². The van der Waals surface area contributed by atoms with Gasteiger partial charge in [0.1, 0.15) is 11.6 Å². The Kier molecular flexibility index (Phi) is 4.37. The summed E-state index contributed by atoms with van der Waals surface area (Å²) in [6, 6.07) is 7.38. The van der Waals surface area contributed by atoms with E-state index in [1.54, 1.807) is 14.2 Å². The molecule has 5 heteroatoms. The Morgan fingerprint density at radius 2 is 2.04 bits per heavy atom. The average Bonchev–Trinajstić information content (AvgIpc) is 3.49. The molecule has 0 spiro atoms. The zero-order valence-corrected chi connectivity index (χ0v) is 16.1. The monoisotopic (exact) mass is 365 g/mol. The van der Waals surface area contributed by atoms with Crippen molar-refractivity contribution < 1.29 is 9.47 Å². The summed E-state index contributed by atoms with van der Waals surface area (Å²) in [4.78, 5) is 12.3. The van der Waals surface area contributed by atoms with Crippen LogP contribution in [0.25, 0.3) is 0 Å². The van der Waals surface area contributed by atoms with Gasteiger partial charge in [0.05, 0.1) is 19.4 Å². The van der Waals surface area contributed by atoms with E-state index >= 15 is 0 Å². The van der Waals surface area contributed by atoms with Crippen LogP contribution in [0.4, 0.5) is 0 Å². The van der Waals surface area contributed by atoms with Gasteiger partial charge in [0.2, 0.25) is 0 Å². The molecular weight excluding hydrogens is 338 g/mol. The molecule has 2 fully saturated rings. The summed E-state index contributed by atoms with van der Waals surface area (Å²) in [6.45, 7) is 1.53. The third-order valence-electron chi connectivity index (χ3n) is 6.30. The topological polar surface area (TPSA) is 47.5 Å². The minimum absolute atomic E-state index is 0.433. The smallest absolute Gasteiger partial charge is 0.131 e. The van der Waals surface area contributed by atoms with E-state index in [4.69, 9.17) is 19.4 Å². The van der Waals surface area contributed by atoms with E-state index < -0.39 is 0 Å². The van der Waals surface area contributed by atoms with Gasteiger partial charge in [-0.1, -0.05) is 6.07 Å². The van der Waals surface area contributed by atoms with Gasteiger partial charge in [-0.05, 0) is 43.4 Å². The van der Waals surface area contributed by atoms with Gasteiger partial charge in [0.25, 0.3) is 0 Å². The number of fused-ring (bicyclic) bond motifs is 4. The zero-order chi connectivity index (χ0) is 18.4. The highest BCUT2D eigenvalue weighted by Gasteiger charge is 2.41. The molecule has 3 heterocycles. The van der Waals surface area contributed by atoms with Crippen LogP contribution in [-0.4, -0.2) is 35.1 Å². The molecule has 0 unspecified atom stereocenters. The molecule has 1 aromatic heterocycles. The molecule has 0 radical (unpaired) electrons. The lowest BCUT2D eigenvalue weighted by molar-refractivity contribution is 0.163. The second kappa shape index (κ2) is 6.88. The molecule has 142 valence electrons. The van der Waals surface area contributed by atoms with Crippen molar-refractivity contribution in [2.24, 2.45) is 0 Å². The minimum Gasteiger partial charge on any atom is -0.496 e. The van der Waals surface area contributed by atoms with Crippen molar-refractivity contribution in [1.29, 1.82) is 0 Å². The summed E-state index contributed by atoms with van der Waals surface area (Å²) in [7, 11) is 3.49. The molecule has 3 aliphatic rings. The third kappa shape index (κ3) is 3.13. The Labute approximate surface area is 160 Å². The van der Waals surface area contributed by atoms with Crippen LogP contribution < -0.4 is 4.74 Å². The minimum atomic E-state index is 0.433. The van der Waals surface area contributed by atoms with Gasteiger partial charge in [-0.15, -0.1) is 0 Å². The number of benzene rings is 1. The number of aromatic nitrogens is 2. The molecule has 27 heavy (non-hydrogen) atoms. The van der Waals surface area contributed by atoms with Crippen molar-refractivity contribution in [2.75, 3.05) is 14.2 Å². The van der Waals surface area contributed by atoms with Gasteiger partial charge < -0.3 is 9.47 Å². The van der Waals surface area contributed by atoms with Crippen LogP contribution in [0.15, 0.2) is 24.4 Å². The lowest BCUT2D eigenvalue weighted by Gasteiger charge is -2.36. The molecule has 0 N–H and O–H groups in total. The Bertz CT molecular complexity index is 849. The maximum Gasteiger partial charge on any atom is 0.131 e. The molecule has 5 nitrogen and oxygen atoms in total. The van der Waals surface area contributed by atoms with Crippen molar-refractivity contribution in [1.82, 2.24) is 14.9 Å². The quantitative estimate of drug-likeness (QED) is 0.780. The first kappa shape index (κ1) is 17.1. The van der Waals surface area contributed by atoms with E-state index in [1.165, 1.54) is 48.1 Å². The lowest BCUT2D eigenvalue weighted by Crippen LogP contribution is -2.37. The molecular formula is C22H27N3O2. The van der Waals surface area contributed by atoms with Gasteiger partial charge >= 0.3 is 0 Å². The van der Waals surface area contributed by atoms with Crippen molar-refractivity contribution >= 4 is 0 Å². The molecule has 2 aromatic rings. The van der Waals surface area contributed by atoms with Crippen LogP contribution in [0, 0.1) is 0 Å². The molecule has 1 saturated carbocycles. The van der Waals surface area contributed by atoms with Crippen LogP contribution in [0.3, 0.4) is 0 Å². The van der Waals surface area contributed by atoms with Crippen molar-refractivity contribution in [3.05, 3.63) is 52.6 Å². The fourth-order valence-electron chi connectivity index (χ4n) is 4.78. The lowest BCUT2D eigenvalue weighted by atomic mass is 9.97. The van der Waals surface area contributed by atoms with Gasteiger partial charge in [0.15, 0.2) is 0 Å². The number of hydrogen-bond acceptors (Lipinski definition) is 5. The zero-order valence-electron chi connectivity index (χ0n) is 16.1. The van der Waals surface area contributed by atoms with Gasteiger partial charge in [-0.2, -0.15) is 0 Å². The molecule has 1 aromatic carbocycles. The fourth-order valence-corrected chi connectivity index (χ4v) is 4.78. The molecule has 2 atom stereocenters. The van der Waals surface area contributed by atoms with Crippen LogP contribution in [-0.2, 0) is 24.3 Å². The first-order valence-corrected chi connectivity index (χ1v) is 10.0. The third-order valence-corrected chi connectivity index (χ3v) is 6.30. The number of methoxy groups -OCH3 is 2. The predicted molar refractivity (Wildman–Crippen MR) is 103 cm³/mol.